The maximum absolute atomic E-state index is 5.36. The molecule has 29 heavy (non-hydrogen) atoms. The van der Waals surface area contributed by atoms with E-state index < -0.39 is 0 Å². The van der Waals surface area contributed by atoms with Gasteiger partial charge in [-0.1, -0.05) is 30.3 Å². The van der Waals surface area contributed by atoms with Crippen LogP contribution >= 0.6 is 0 Å². The van der Waals surface area contributed by atoms with E-state index in [0.717, 1.165) is 51.6 Å². The molecule has 0 atom stereocenters. The molecule has 0 spiro atoms. The summed E-state index contributed by atoms with van der Waals surface area (Å²) in [6.07, 6.45) is 4.61. The van der Waals surface area contributed by atoms with Crippen LogP contribution in [0, 0.1) is 0 Å². The number of nitrogens with zero attached hydrogens (tertiary/aromatic N) is 3. The topological polar surface area (TPSA) is 52.1 Å². The van der Waals surface area contributed by atoms with Gasteiger partial charge in [0.05, 0.1) is 0 Å². The zero-order valence-corrected chi connectivity index (χ0v) is 18.5. The molecule has 0 amide bonds. The molecule has 2 rings (SSSR count). The van der Waals surface area contributed by atoms with E-state index in [-0.39, 0.29) is 0 Å². The number of benzene rings is 1. The fourth-order valence-corrected chi connectivity index (χ4v) is 3.58. The summed E-state index contributed by atoms with van der Waals surface area (Å²) in [5, 5.41) is 6.80. The second kappa shape index (κ2) is 15.2. The molecule has 1 aliphatic rings. The van der Waals surface area contributed by atoms with Gasteiger partial charge in [0.15, 0.2) is 5.96 Å². The minimum Gasteiger partial charge on any atom is -0.382 e. The van der Waals surface area contributed by atoms with Crippen molar-refractivity contribution >= 4 is 5.96 Å². The van der Waals surface area contributed by atoms with Crippen LogP contribution in [0.1, 0.15) is 38.2 Å². The Bertz CT molecular complexity index is 543. The van der Waals surface area contributed by atoms with Gasteiger partial charge >= 0.3 is 0 Å². The fraction of sp³-hybridized carbons (Fsp3) is 0.696. The first-order valence-corrected chi connectivity index (χ1v) is 11.3. The lowest BCUT2D eigenvalue weighted by Crippen LogP contribution is -2.46. The number of unbranched alkanes of at least 4 members (excludes halogenated alkanes) is 2. The van der Waals surface area contributed by atoms with E-state index >= 15 is 0 Å². The standard InChI is InChI=1S/C23H41N5O/c1-3-29-20-10-8-14-26-23(24-2)25-13-7-9-15-27-16-18-28(19-17-27)21-22-11-5-4-6-12-22/h4-6,11-12H,3,7-10,13-21H2,1-2H3,(H2,24,25,26). The second-order valence-electron chi connectivity index (χ2n) is 7.64. The summed E-state index contributed by atoms with van der Waals surface area (Å²) >= 11 is 0. The molecule has 0 aromatic heterocycles. The molecule has 1 aromatic rings. The van der Waals surface area contributed by atoms with Crippen molar-refractivity contribution in [3.8, 4) is 0 Å². The van der Waals surface area contributed by atoms with Crippen LogP contribution in [0.5, 0.6) is 0 Å². The second-order valence-corrected chi connectivity index (χ2v) is 7.64. The minimum atomic E-state index is 0.806. The van der Waals surface area contributed by atoms with Gasteiger partial charge in [0.1, 0.15) is 0 Å². The van der Waals surface area contributed by atoms with Gasteiger partial charge in [-0.2, -0.15) is 0 Å². The van der Waals surface area contributed by atoms with Crippen molar-refractivity contribution in [1.82, 2.24) is 20.4 Å². The van der Waals surface area contributed by atoms with E-state index in [1.807, 2.05) is 14.0 Å². The maximum Gasteiger partial charge on any atom is 0.190 e. The summed E-state index contributed by atoms with van der Waals surface area (Å²) in [5.74, 6) is 0.913. The van der Waals surface area contributed by atoms with Gasteiger partial charge in [-0.15, -0.1) is 0 Å². The number of hydrogen-bond acceptors (Lipinski definition) is 4. The highest BCUT2D eigenvalue weighted by molar-refractivity contribution is 5.79. The minimum absolute atomic E-state index is 0.806. The third-order valence-electron chi connectivity index (χ3n) is 5.34. The molecule has 0 saturated carbocycles. The van der Waals surface area contributed by atoms with Gasteiger partial charge in [0.2, 0.25) is 0 Å². The van der Waals surface area contributed by atoms with Gasteiger partial charge < -0.3 is 20.3 Å². The molecule has 0 aliphatic carbocycles. The van der Waals surface area contributed by atoms with E-state index in [0.29, 0.717) is 0 Å². The third kappa shape index (κ3) is 10.6. The lowest BCUT2D eigenvalue weighted by atomic mass is 10.2. The van der Waals surface area contributed by atoms with Crippen molar-refractivity contribution in [2.45, 2.75) is 39.2 Å². The molecule has 6 nitrogen and oxygen atoms in total. The molecule has 1 heterocycles. The van der Waals surface area contributed by atoms with Crippen molar-refractivity contribution in [2.75, 3.05) is 66.1 Å². The molecule has 2 N–H and O–H groups in total. The number of piperazine rings is 1. The highest BCUT2D eigenvalue weighted by Crippen LogP contribution is 2.09. The molecule has 1 aromatic carbocycles. The monoisotopic (exact) mass is 403 g/mol. The Morgan fingerprint density at radius 2 is 1.59 bits per heavy atom. The summed E-state index contributed by atoms with van der Waals surface area (Å²) in [4.78, 5) is 9.47. The van der Waals surface area contributed by atoms with Gasteiger partial charge in [-0.05, 0) is 44.7 Å². The molecular formula is C23H41N5O. The van der Waals surface area contributed by atoms with E-state index in [4.69, 9.17) is 4.74 Å². The van der Waals surface area contributed by atoms with Gasteiger partial charge in [0.25, 0.3) is 0 Å². The zero-order chi connectivity index (χ0) is 20.6. The largest absolute Gasteiger partial charge is 0.382 e. The van der Waals surface area contributed by atoms with Gasteiger partial charge in [-0.3, -0.25) is 9.89 Å². The van der Waals surface area contributed by atoms with Gasteiger partial charge in [0, 0.05) is 66.1 Å². The van der Waals surface area contributed by atoms with Crippen molar-refractivity contribution in [1.29, 1.82) is 0 Å². The van der Waals surface area contributed by atoms with Crippen LogP contribution in [0.2, 0.25) is 0 Å². The normalized spacial score (nSPS) is 16.1. The van der Waals surface area contributed by atoms with Crippen molar-refractivity contribution in [3.05, 3.63) is 35.9 Å². The number of ether oxygens (including phenoxy) is 1. The quantitative estimate of drug-likeness (QED) is 0.301. The molecule has 0 unspecified atom stereocenters. The summed E-state index contributed by atoms with van der Waals surface area (Å²) in [6.45, 7) is 12.6. The van der Waals surface area contributed by atoms with E-state index in [1.54, 1.807) is 0 Å². The Labute approximate surface area is 177 Å². The van der Waals surface area contributed by atoms with Crippen LogP contribution in [0.15, 0.2) is 35.3 Å². The lowest BCUT2D eigenvalue weighted by Gasteiger charge is -2.34. The number of aliphatic imine (C=N–C) groups is 1. The van der Waals surface area contributed by atoms with Crippen molar-refractivity contribution in [3.63, 3.8) is 0 Å². The molecule has 1 fully saturated rings. The van der Waals surface area contributed by atoms with Gasteiger partial charge in [-0.25, -0.2) is 0 Å². The maximum atomic E-state index is 5.36. The van der Waals surface area contributed by atoms with Crippen molar-refractivity contribution in [2.24, 2.45) is 4.99 Å². The number of guanidine groups is 1. The SMILES string of the molecule is CCOCCCCNC(=NC)NCCCCN1CCN(Cc2ccccc2)CC1. The third-order valence-corrected chi connectivity index (χ3v) is 5.34. The Balaban J connectivity index is 1.46. The highest BCUT2D eigenvalue weighted by atomic mass is 16.5. The Morgan fingerprint density at radius 3 is 2.24 bits per heavy atom. The fourth-order valence-electron chi connectivity index (χ4n) is 3.58. The first-order chi connectivity index (χ1) is 14.3. The Kier molecular flexibility index (Phi) is 12.4. The summed E-state index contributed by atoms with van der Waals surface area (Å²) in [5.41, 5.74) is 1.42. The van der Waals surface area contributed by atoms with Crippen LogP contribution in [0.4, 0.5) is 0 Å². The van der Waals surface area contributed by atoms with Crippen LogP contribution in [0.25, 0.3) is 0 Å². The lowest BCUT2D eigenvalue weighted by molar-refractivity contribution is 0.126. The Hall–Kier alpha value is -1.63. The first-order valence-electron chi connectivity index (χ1n) is 11.3. The molecule has 0 bridgehead atoms. The van der Waals surface area contributed by atoms with Crippen LogP contribution in [-0.2, 0) is 11.3 Å². The first kappa shape index (κ1) is 23.6. The zero-order valence-electron chi connectivity index (χ0n) is 18.5. The van der Waals surface area contributed by atoms with E-state index in [9.17, 15) is 0 Å². The van der Waals surface area contributed by atoms with Crippen LogP contribution in [-0.4, -0.2) is 81.8 Å². The molecule has 0 radical (unpaired) electrons. The molecule has 164 valence electrons. The molecular weight excluding hydrogens is 362 g/mol. The summed E-state index contributed by atoms with van der Waals surface area (Å²) in [7, 11) is 1.84. The molecule has 6 heteroatoms. The molecule has 1 aliphatic heterocycles. The number of nitrogens with one attached hydrogen (secondary N) is 2. The van der Waals surface area contributed by atoms with Crippen molar-refractivity contribution < 1.29 is 4.74 Å². The predicted octanol–water partition coefficient (Wildman–Crippen LogP) is 2.57. The molecule has 1 saturated heterocycles. The number of rotatable bonds is 13. The predicted molar refractivity (Wildman–Crippen MR) is 122 cm³/mol. The number of hydrogen-bond donors (Lipinski definition) is 2. The summed E-state index contributed by atoms with van der Waals surface area (Å²) < 4.78 is 5.36. The van der Waals surface area contributed by atoms with E-state index in [2.05, 4.69) is 55.8 Å². The smallest absolute Gasteiger partial charge is 0.190 e. The van der Waals surface area contributed by atoms with Crippen LogP contribution < -0.4 is 10.6 Å². The average molecular weight is 404 g/mol. The van der Waals surface area contributed by atoms with Crippen LogP contribution in [0.3, 0.4) is 0 Å². The van der Waals surface area contributed by atoms with E-state index in [1.165, 1.54) is 51.1 Å². The summed E-state index contributed by atoms with van der Waals surface area (Å²) in [6, 6.07) is 10.8. The highest BCUT2D eigenvalue weighted by Gasteiger charge is 2.16. The Morgan fingerprint density at radius 1 is 0.931 bits per heavy atom. The average Bonchev–Trinajstić information content (AvgIpc) is 2.76.